The summed E-state index contributed by atoms with van der Waals surface area (Å²) in [6.07, 6.45) is 1.95. The second-order valence-corrected chi connectivity index (χ2v) is 9.20. The summed E-state index contributed by atoms with van der Waals surface area (Å²) in [5.74, 6) is 0. The number of furan rings is 1. The van der Waals surface area contributed by atoms with Gasteiger partial charge in [-0.3, -0.25) is 4.98 Å². The molecule has 6 aromatic rings. The van der Waals surface area contributed by atoms with Crippen molar-refractivity contribution in [3.8, 4) is 22.4 Å². The molecule has 0 atom stereocenters. The number of nitrogens with zero attached hydrogens (tertiary/aromatic N) is 1. The van der Waals surface area contributed by atoms with Crippen LogP contribution in [0.3, 0.4) is 0 Å². The summed E-state index contributed by atoms with van der Waals surface area (Å²) in [5.41, 5.74) is 8.98. The van der Waals surface area contributed by atoms with Crippen LogP contribution in [0.2, 0.25) is 0 Å². The molecule has 32 heavy (non-hydrogen) atoms. The highest BCUT2D eigenvalue weighted by atomic mass is 16.3. The van der Waals surface area contributed by atoms with Gasteiger partial charge < -0.3 is 4.42 Å². The number of aromatic nitrogens is 1. The van der Waals surface area contributed by atoms with E-state index in [9.17, 15) is 0 Å². The molecule has 2 heteroatoms. The smallest absolute Gasteiger partial charge is 0.144 e. The third kappa shape index (κ3) is 2.17. The fraction of sp³-hybridized carbons (Fsp3) is 0.100. The second kappa shape index (κ2) is 6.08. The standard InChI is InChI=1S/C30H21NO/c1-30(2)24-15-14-18-8-3-4-9-19(18)26(24)22-16-17-31-28(27(22)30)23-12-7-11-21-20-10-5-6-13-25(20)32-29(21)23/h3-17H,1-2H3. The predicted octanol–water partition coefficient (Wildman–Crippen LogP) is 8.11. The van der Waals surface area contributed by atoms with Crippen LogP contribution in [-0.4, -0.2) is 4.98 Å². The van der Waals surface area contributed by atoms with Crippen LogP contribution in [0, 0.1) is 0 Å². The molecular weight excluding hydrogens is 390 g/mol. The topological polar surface area (TPSA) is 26.0 Å². The van der Waals surface area contributed by atoms with Gasteiger partial charge in [0.15, 0.2) is 0 Å². The first kappa shape index (κ1) is 17.7. The quantitative estimate of drug-likeness (QED) is 0.273. The van der Waals surface area contributed by atoms with Gasteiger partial charge in [-0.2, -0.15) is 0 Å². The van der Waals surface area contributed by atoms with Crippen molar-refractivity contribution >= 4 is 32.7 Å². The summed E-state index contributed by atoms with van der Waals surface area (Å²) < 4.78 is 6.37. The Labute approximate surface area is 186 Å². The zero-order valence-electron chi connectivity index (χ0n) is 18.0. The minimum atomic E-state index is -0.160. The van der Waals surface area contributed by atoms with Crippen molar-refractivity contribution in [3.05, 3.63) is 102 Å². The van der Waals surface area contributed by atoms with Gasteiger partial charge in [0.2, 0.25) is 0 Å². The van der Waals surface area contributed by atoms with Gasteiger partial charge in [-0.1, -0.05) is 80.6 Å². The molecule has 0 saturated heterocycles. The Morgan fingerprint density at radius 1 is 0.688 bits per heavy atom. The van der Waals surface area contributed by atoms with Crippen LogP contribution in [0.4, 0.5) is 0 Å². The molecule has 7 rings (SSSR count). The highest BCUT2D eigenvalue weighted by Crippen LogP contribution is 2.54. The lowest BCUT2D eigenvalue weighted by atomic mass is 9.80. The highest BCUT2D eigenvalue weighted by molar-refractivity contribution is 6.10. The molecule has 0 bridgehead atoms. The maximum Gasteiger partial charge on any atom is 0.144 e. The van der Waals surface area contributed by atoms with Gasteiger partial charge in [-0.05, 0) is 51.2 Å². The molecular formula is C30H21NO. The van der Waals surface area contributed by atoms with Gasteiger partial charge in [-0.25, -0.2) is 0 Å². The number of hydrogen-bond acceptors (Lipinski definition) is 2. The van der Waals surface area contributed by atoms with Gasteiger partial charge >= 0.3 is 0 Å². The van der Waals surface area contributed by atoms with E-state index in [-0.39, 0.29) is 5.41 Å². The first-order chi connectivity index (χ1) is 15.6. The predicted molar refractivity (Wildman–Crippen MR) is 132 cm³/mol. The van der Waals surface area contributed by atoms with E-state index >= 15 is 0 Å². The Bertz CT molecular complexity index is 1700. The molecule has 0 saturated carbocycles. The highest BCUT2D eigenvalue weighted by Gasteiger charge is 2.39. The second-order valence-electron chi connectivity index (χ2n) is 9.20. The lowest BCUT2D eigenvalue weighted by Crippen LogP contribution is -2.16. The molecule has 0 unspecified atom stereocenters. The van der Waals surface area contributed by atoms with Crippen molar-refractivity contribution in [2.24, 2.45) is 0 Å². The third-order valence-electron chi connectivity index (χ3n) is 7.11. The molecule has 152 valence electrons. The van der Waals surface area contributed by atoms with Crippen molar-refractivity contribution in [1.82, 2.24) is 4.98 Å². The molecule has 2 heterocycles. The maximum atomic E-state index is 6.37. The van der Waals surface area contributed by atoms with Crippen LogP contribution in [0.5, 0.6) is 0 Å². The Morgan fingerprint density at radius 3 is 2.38 bits per heavy atom. The van der Waals surface area contributed by atoms with E-state index < -0.39 is 0 Å². The lowest BCUT2D eigenvalue weighted by Gasteiger charge is -2.23. The van der Waals surface area contributed by atoms with Crippen LogP contribution < -0.4 is 0 Å². The monoisotopic (exact) mass is 411 g/mol. The molecule has 0 amide bonds. The van der Waals surface area contributed by atoms with Gasteiger partial charge in [0.25, 0.3) is 0 Å². The minimum absolute atomic E-state index is 0.160. The SMILES string of the molecule is CC1(C)c2ccc3ccccc3c2-c2ccnc(-c3cccc4c3oc3ccccc34)c21. The molecule has 2 aromatic heterocycles. The van der Waals surface area contributed by atoms with Crippen molar-refractivity contribution in [3.63, 3.8) is 0 Å². The zero-order valence-corrected chi connectivity index (χ0v) is 18.0. The van der Waals surface area contributed by atoms with E-state index in [2.05, 4.69) is 86.6 Å². The Kier molecular flexibility index (Phi) is 3.37. The van der Waals surface area contributed by atoms with Gasteiger partial charge in [0, 0.05) is 27.9 Å². The molecule has 0 radical (unpaired) electrons. The maximum absolute atomic E-state index is 6.37. The molecule has 0 N–H and O–H groups in total. The summed E-state index contributed by atoms with van der Waals surface area (Å²) in [7, 11) is 0. The Balaban J connectivity index is 1.59. The number of rotatable bonds is 1. The normalized spacial score (nSPS) is 14.2. The molecule has 1 aliphatic rings. The fourth-order valence-corrected chi connectivity index (χ4v) is 5.66. The summed E-state index contributed by atoms with van der Waals surface area (Å²) in [6, 6.07) is 30.0. The molecule has 2 nitrogen and oxygen atoms in total. The van der Waals surface area contributed by atoms with Gasteiger partial charge in [0.05, 0.1) is 5.69 Å². The van der Waals surface area contributed by atoms with Crippen LogP contribution in [0.25, 0.3) is 55.1 Å². The van der Waals surface area contributed by atoms with E-state index in [1.807, 2.05) is 18.3 Å². The summed E-state index contributed by atoms with van der Waals surface area (Å²) in [5, 5.41) is 4.85. The number of pyridine rings is 1. The number of para-hydroxylation sites is 2. The molecule has 4 aromatic carbocycles. The molecule has 0 aliphatic heterocycles. The van der Waals surface area contributed by atoms with Crippen molar-refractivity contribution < 1.29 is 4.42 Å². The first-order valence-electron chi connectivity index (χ1n) is 11.1. The van der Waals surface area contributed by atoms with E-state index in [1.165, 1.54) is 33.0 Å². The van der Waals surface area contributed by atoms with E-state index in [0.29, 0.717) is 0 Å². The minimum Gasteiger partial charge on any atom is -0.455 e. The third-order valence-corrected chi connectivity index (χ3v) is 7.11. The average Bonchev–Trinajstić information content (AvgIpc) is 3.32. The summed E-state index contributed by atoms with van der Waals surface area (Å²) in [6.45, 7) is 4.63. The number of benzene rings is 4. The number of hydrogen-bond donors (Lipinski definition) is 0. The fourth-order valence-electron chi connectivity index (χ4n) is 5.66. The van der Waals surface area contributed by atoms with Crippen LogP contribution >= 0.6 is 0 Å². The number of fused-ring (bicyclic) bond motifs is 8. The largest absolute Gasteiger partial charge is 0.455 e. The van der Waals surface area contributed by atoms with E-state index in [1.54, 1.807) is 0 Å². The molecule has 0 spiro atoms. The van der Waals surface area contributed by atoms with Crippen molar-refractivity contribution in [2.45, 2.75) is 19.3 Å². The van der Waals surface area contributed by atoms with E-state index in [4.69, 9.17) is 9.40 Å². The Hall–Kier alpha value is -3.91. The zero-order chi connectivity index (χ0) is 21.4. The first-order valence-corrected chi connectivity index (χ1v) is 11.1. The average molecular weight is 412 g/mol. The summed E-state index contributed by atoms with van der Waals surface area (Å²) >= 11 is 0. The lowest BCUT2D eigenvalue weighted by molar-refractivity contribution is 0.657. The molecule has 0 fully saturated rings. The Morgan fingerprint density at radius 2 is 1.47 bits per heavy atom. The van der Waals surface area contributed by atoms with Crippen LogP contribution in [-0.2, 0) is 5.41 Å². The van der Waals surface area contributed by atoms with Gasteiger partial charge in [-0.15, -0.1) is 0 Å². The van der Waals surface area contributed by atoms with Crippen LogP contribution in [0.15, 0.2) is 95.5 Å². The van der Waals surface area contributed by atoms with Crippen LogP contribution in [0.1, 0.15) is 25.0 Å². The van der Waals surface area contributed by atoms with Gasteiger partial charge in [0.1, 0.15) is 11.2 Å². The van der Waals surface area contributed by atoms with E-state index in [0.717, 1.165) is 33.2 Å². The van der Waals surface area contributed by atoms with Crippen molar-refractivity contribution in [1.29, 1.82) is 0 Å². The summed E-state index contributed by atoms with van der Waals surface area (Å²) in [4.78, 5) is 4.94. The van der Waals surface area contributed by atoms with Crippen molar-refractivity contribution in [2.75, 3.05) is 0 Å². The molecule has 1 aliphatic carbocycles.